The van der Waals surface area contributed by atoms with Gasteiger partial charge in [-0.3, -0.25) is 0 Å². The molecule has 0 bridgehead atoms. The average Bonchev–Trinajstić information content (AvgIpc) is 2.89. The Morgan fingerprint density at radius 2 is 1.24 bits per heavy atom. The number of alkyl halides is 3. The Labute approximate surface area is 220 Å². The highest BCUT2D eigenvalue weighted by Crippen LogP contribution is 2.26. The molecule has 2 aromatic carbocycles. The van der Waals surface area contributed by atoms with Crippen molar-refractivity contribution in [3.8, 4) is 11.5 Å². The molecule has 0 N–H and O–H groups in total. The molecule has 7 nitrogen and oxygen atoms in total. The summed E-state index contributed by atoms with van der Waals surface area (Å²) in [6.45, 7) is 4.40. The van der Waals surface area contributed by atoms with E-state index < -0.39 is 30.2 Å². The lowest BCUT2D eigenvalue weighted by atomic mass is 10.2. The molecule has 0 saturated heterocycles. The summed E-state index contributed by atoms with van der Waals surface area (Å²) in [5, 5.41) is 0. The fourth-order valence-corrected chi connectivity index (χ4v) is 3.26. The van der Waals surface area contributed by atoms with E-state index in [2.05, 4.69) is 16.4 Å². The van der Waals surface area contributed by atoms with Crippen LogP contribution in [-0.4, -0.2) is 43.4 Å². The summed E-state index contributed by atoms with van der Waals surface area (Å²) in [5.41, 5.74) is -0.00411. The van der Waals surface area contributed by atoms with Gasteiger partial charge in [0.25, 0.3) is 6.10 Å². The number of halogens is 3. The van der Waals surface area contributed by atoms with Crippen LogP contribution in [0.5, 0.6) is 11.5 Å². The van der Waals surface area contributed by atoms with Gasteiger partial charge in [-0.1, -0.05) is 46.0 Å². The van der Waals surface area contributed by atoms with Gasteiger partial charge in [-0.05, 0) is 61.4 Å². The van der Waals surface area contributed by atoms with Gasteiger partial charge in [-0.2, -0.15) is 13.2 Å². The molecule has 1 unspecified atom stereocenters. The van der Waals surface area contributed by atoms with E-state index in [0.29, 0.717) is 25.2 Å². The number of carbonyl (C=O) groups excluding carboxylic acids is 3. The molecular weight excluding hydrogens is 505 g/mol. The van der Waals surface area contributed by atoms with E-state index in [9.17, 15) is 27.6 Å². The van der Waals surface area contributed by atoms with E-state index in [0.717, 1.165) is 44.2 Å². The van der Waals surface area contributed by atoms with Gasteiger partial charge in [0, 0.05) is 0 Å². The predicted octanol–water partition coefficient (Wildman–Crippen LogP) is 6.69. The second kappa shape index (κ2) is 15.6. The molecule has 0 fully saturated rings. The van der Waals surface area contributed by atoms with Crippen molar-refractivity contribution in [3.05, 3.63) is 59.7 Å². The molecule has 1 atom stereocenters. The van der Waals surface area contributed by atoms with E-state index in [1.807, 2.05) is 6.92 Å². The number of benzene rings is 2. The van der Waals surface area contributed by atoms with Crippen LogP contribution in [0.3, 0.4) is 0 Å². The normalized spacial score (nSPS) is 11.9. The van der Waals surface area contributed by atoms with E-state index >= 15 is 0 Å². The zero-order valence-electron chi connectivity index (χ0n) is 21.6. The maximum absolute atomic E-state index is 13.3. The quantitative estimate of drug-likeness (QED) is 0.142. The second-order valence-electron chi connectivity index (χ2n) is 8.55. The molecule has 2 rings (SSSR count). The lowest BCUT2D eigenvalue weighted by Gasteiger charge is -2.19. The van der Waals surface area contributed by atoms with Crippen molar-refractivity contribution in [1.82, 2.24) is 0 Å². The van der Waals surface area contributed by atoms with Crippen LogP contribution < -0.4 is 9.47 Å². The minimum absolute atomic E-state index is 0.0607. The number of hydrogen-bond donors (Lipinski definition) is 0. The van der Waals surface area contributed by atoms with Crippen molar-refractivity contribution in [1.29, 1.82) is 0 Å². The minimum Gasteiger partial charge on any atom is -0.494 e. The summed E-state index contributed by atoms with van der Waals surface area (Å²) < 4.78 is 59.7. The van der Waals surface area contributed by atoms with Gasteiger partial charge in [0.15, 0.2) is 0 Å². The van der Waals surface area contributed by atoms with Crippen LogP contribution in [-0.2, 0) is 14.3 Å². The first-order valence-corrected chi connectivity index (χ1v) is 12.6. The third kappa shape index (κ3) is 10.4. The van der Waals surface area contributed by atoms with Crippen LogP contribution in [0.1, 0.15) is 79.5 Å². The lowest BCUT2D eigenvalue weighted by molar-refractivity contribution is -0.218. The Morgan fingerprint density at radius 1 is 0.711 bits per heavy atom. The van der Waals surface area contributed by atoms with Gasteiger partial charge in [0.2, 0.25) is 0 Å². The fourth-order valence-electron chi connectivity index (χ4n) is 3.26. The minimum atomic E-state index is -5.14. The smallest absolute Gasteiger partial charge is 0.436 e. The Hall–Kier alpha value is -3.56. The number of unbranched alkanes of at least 4 members (excludes halogenated alkanes) is 5. The van der Waals surface area contributed by atoms with E-state index in [4.69, 9.17) is 9.47 Å². The largest absolute Gasteiger partial charge is 0.494 e. The summed E-state index contributed by atoms with van der Waals surface area (Å²) in [7, 11) is 0. The summed E-state index contributed by atoms with van der Waals surface area (Å²) in [4.78, 5) is 36.5. The van der Waals surface area contributed by atoms with E-state index in [1.165, 1.54) is 12.1 Å². The highest BCUT2D eigenvalue weighted by Gasteiger charge is 2.49. The first-order chi connectivity index (χ1) is 18.2. The molecule has 0 aliphatic carbocycles. The second-order valence-corrected chi connectivity index (χ2v) is 8.55. The van der Waals surface area contributed by atoms with Gasteiger partial charge in [0.1, 0.15) is 11.5 Å². The molecule has 0 amide bonds. The SMILES string of the molecule is CCCCCCOc1ccc(C(=O)Oc2ccc(C(=O)OC(C(=O)OCCCCC)C(F)(F)F)cc2)cc1. The maximum Gasteiger partial charge on any atom is 0.436 e. The molecule has 0 aliphatic rings. The fraction of sp³-hybridized carbons (Fsp3) is 0.464. The van der Waals surface area contributed by atoms with Crippen molar-refractivity contribution < 1.29 is 46.5 Å². The van der Waals surface area contributed by atoms with Crippen LogP contribution >= 0.6 is 0 Å². The van der Waals surface area contributed by atoms with Gasteiger partial charge < -0.3 is 18.9 Å². The molecule has 0 radical (unpaired) electrons. The number of rotatable bonds is 15. The molecule has 0 spiro atoms. The summed E-state index contributed by atoms with van der Waals surface area (Å²) >= 11 is 0. The highest BCUT2D eigenvalue weighted by atomic mass is 19.4. The molecule has 0 saturated carbocycles. The third-order valence-corrected chi connectivity index (χ3v) is 5.39. The number of esters is 3. The van der Waals surface area contributed by atoms with Gasteiger partial charge in [0.05, 0.1) is 24.3 Å². The van der Waals surface area contributed by atoms with Crippen LogP contribution in [0.2, 0.25) is 0 Å². The third-order valence-electron chi connectivity index (χ3n) is 5.39. The van der Waals surface area contributed by atoms with Gasteiger partial charge in [-0.25, -0.2) is 14.4 Å². The highest BCUT2D eigenvalue weighted by molar-refractivity contribution is 5.93. The van der Waals surface area contributed by atoms with Crippen LogP contribution in [0.15, 0.2) is 48.5 Å². The first-order valence-electron chi connectivity index (χ1n) is 12.6. The summed E-state index contributed by atoms with van der Waals surface area (Å²) in [6.07, 6.45) is -1.98. The average molecular weight is 539 g/mol. The molecule has 208 valence electrons. The summed E-state index contributed by atoms with van der Waals surface area (Å²) in [5.74, 6) is -3.03. The molecule has 38 heavy (non-hydrogen) atoms. The molecule has 0 aromatic heterocycles. The summed E-state index contributed by atoms with van der Waals surface area (Å²) in [6, 6.07) is 11.1. The Balaban J connectivity index is 1.91. The van der Waals surface area contributed by atoms with Gasteiger partial charge in [-0.15, -0.1) is 0 Å². The monoisotopic (exact) mass is 538 g/mol. The van der Waals surface area contributed by atoms with Crippen molar-refractivity contribution in [3.63, 3.8) is 0 Å². The molecular formula is C28H33F3O7. The number of hydrogen-bond acceptors (Lipinski definition) is 7. The van der Waals surface area contributed by atoms with E-state index in [1.54, 1.807) is 24.3 Å². The standard InChI is InChI=1S/C28H33F3O7/c1-3-5-7-9-18-35-22-14-10-20(11-15-22)25(32)37-23-16-12-21(13-17-23)26(33)38-24(28(29,30)31)27(34)36-19-8-6-4-2/h10-17,24H,3-9,18-19H2,1-2H3. The Bertz CT molecular complexity index is 1020. The topological polar surface area (TPSA) is 88.1 Å². The number of carbonyl (C=O) groups is 3. The lowest BCUT2D eigenvalue weighted by Crippen LogP contribution is -2.42. The zero-order chi connectivity index (χ0) is 28.0. The van der Waals surface area contributed by atoms with Crippen molar-refractivity contribution in [2.75, 3.05) is 13.2 Å². The van der Waals surface area contributed by atoms with Gasteiger partial charge >= 0.3 is 24.1 Å². The van der Waals surface area contributed by atoms with Crippen LogP contribution in [0, 0.1) is 0 Å². The molecule has 10 heteroatoms. The number of ether oxygens (including phenoxy) is 4. The van der Waals surface area contributed by atoms with E-state index in [-0.39, 0.29) is 23.5 Å². The first kappa shape index (κ1) is 30.7. The Kier molecular flexibility index (Phi) is 12.6. The van der Waals surface area contributed by atoms with Crippen LogP contribution in [0.25, 0.3) is 0 Å². The Morgan fingerprint density at radius 3 is 1.82 bits per heavy atom. The van der Waals surface area contributed by atoms with Crippen LogP contribution in [0.4, 0.5) is 13.2 Å². The zero-order valence-corrected chi connectivity index (χ0v) is 21.6. The molecule has 2 aromatic rings. The van der Waals surface area contributed by atoms with Crippen molar-refractivity contribution in [2.24, 2.45) is 0 Å². The maximum atomic E-state index is 13.3. The molecule has 0 heterocycles. The predicted molar refractivity (Wildman–Crippen MR) is 133 cm³/mol. The van der Waals surface area contributed by atoms with Crippen molar-refractivity contribution in [2.45, 2.75) is 71.1 Å². The van der Waals surface area contributed by atoms with Crippen molar-refractivity contribution >= 4 is 17.9 Å². The molecule has 0 aliphatic heterocycles.